The van der Waals surface area contributed by atoms with E-state index in [-0.39, 0.29) is 12.0 Å². The van der Waals surface area contributed by atoms with Gasteiger partial charge in [-0.25, -0.2) is 19.5 Å². The van der Waals surface area contributed by atoms with Crippen LogP contribution in [0.4, 0.5) is 11.6 Å². The first-order valence-electron chi connectivity index (χ1n) is 7.94. The lowest BCUT2D eigenvalue weighted by atomic mass is 10.3. The predicted octanol–water partition coefficient (Wildman–Crippen LogP) is 0.997. The Morgan fingerprint density at radius 1 is 1.32 bits per heavy atom. The normalized spacial score (nSPS) is 17.2. The maximum atomic E-state index is 12.5. The first-order chi connectivity index (χ1) is 12.2. The Kier molecular flexibility index (Phi) is 3.98. The summed E-state index contributed by atoms with van der Waals surface area (Å²) in [7, 11) is 1.72. The van der Waals surface area contributed by atoms with Crippen molar-refractivity contribution >= 4 is 23.2 Å². The first-order valence-corrected chi connectivity index (χ1v) is 7.94. The zero-order chi connectivity index (χ0) is 17.2. The lowest BCUT2D eigenvalue weighted by molar-refractivity contribution is 0.102. The molecule has 1 atom stereocenters. The number of carbonyl (C=O) groups excluding carboxylic acids is 1. The molecule has 1 N–H and O–H groups in total. The second-order valence-corrected chi connectivity index (χ2v) is 5.75. The number of nitrogens with zero attached hydrogens (tertiary/aromatic N) is 6. The minimum absolute atomic E-state index is 0.209. The quantitative estimate of drug-likeness (QED) is 0.757. The fourth-order valence-electron chi connectivity index (χ4n) is 2.86. The van der Waals surface area contributed by atoms with E-state index in [2.05, 4.69) is 30.3 Å². The van der Waals surface area contributed by atoms with Crippen molar-refractivity contribution in [1.29, 1.82) is 0 Å². The van der Waals surface area contributed by atoms with E-state index < -0.39 is 0 Å². The monoisotopic (exact) mass is 339 g/mol. The SMILES string of the molecule is CO[C@H]1CCN(c2ccc3ncc(C(=O)Nc4ccncn4)n3n2)C1. The molecule has 0 aliphatic carbocycles. The molecule has 4 heterocycles. The maximum Gasteiger partial charge on any atom is 0.277 e. The molecule has 0 unspecified atom stereocenters. The smallest absolute Gasteiger partial charge is 0.277 e. The minimum Gasteiger partial charge on any atom is -0.380 e. The first kappa shape index (κ1) is 15.5. The summed E-state index contributed by atoms with van der Waals surface area (Å²) in [5.41, 5.74) is 0.956. The van der Waals surface area contributed by atoms with Crippen molar-refractivity contribution in [3.8, 4) is 0 Å². The molecule has 0 bridgehead atoms. The molecule has 25 heavy (non-hydrogen) atoms. The Morgan fingerprint density at radius 3 is 3.00 bits per heavy atom. The second-order valence-electron chi connectivity index (χ2n) is 5.75. The molecular formula is C16H17N7O2. The third kappa shape index (κ3) is 3.01. The van der Waals surface area contributed by atoms with Gasteiger partial charge < -0.3 is 15.0 Å². The molecule has 0 radical (unpaired) electrons. The molecule has 1 fully saturated rings. The predicted molar refractivity (Wildman–Crippen MR) is 90.6 cm³/mol. The van der Waals surface area contributed by atoms with E-state index in [4.69, 9.17) is 4.74 Å². The van der Waals surface area contributed by atoms with Crippen LogP contribution in [0, 0.1) is 0 Å². The average Bonchev–Trinajstić information content (AvgIpc) is 3.29. The number of amides is 1. The number of hydrogen-bond acceptors (Lipinski definition) is 7. The van der Waals surface area contributed by atoms with E-state index >= 15 is 0 Å². The highest BCUT2D eigenvalue weighted by atomic mass is 16.5. The molecule has 1 aliphatic rings. The lowest BCUT2D eigenvalue weighted by Gasteiger charge is -2.17. The van der Waals surface area contributed by atoms with Gasteiger partial charge in [-0.05, 0) is 24.6 Å². The van der Waals surface area contributed by atoms with Gasteiger partial charge in [-0.1, -0.05) is 0 Å². The molecule has 0 spiro atoms. The summed E-state index contributed by atoms with van der Waals surface area (Å²) in [6.07, 6.45) is 5.61. The van der Waals surface area contributed by atoms with Crippen LogP contribution in [0.3, 0.4) is 0 Å². The van der Waals surface area contributed by atoms with Gasteiger partial charge in [0.1, 0.15) is 18.0 Å². The molecule has 1 saturated heterocycles. The molecule has 3 aromatic heterocycles. The summed E-state index contributed by atoms with van der Waals surface area (Å²) in [6, 6.07) is 5.38. The van der Waals surface area contributed by atoms with E-state index in [1.54, 1.807) is 23.9 Å². The van der Waals surface area contributed by atoms with Gasteiger partial charge in [-0.15, -0.1) is 5.10 Å². The Morgan fingerprint density at radius 2 is 2.24 bits per heavy atom. The van der Waals surface area contributed by atoms with E-state index in [1.807, 2.05) is 12.1 Å². The van der Waals surface area contributed by atoms with Crippen molar-refractivity contribution in [1.82, 2.24) is 24.6 Å². The van der Waals surface area contributed by atoms with E-state index in [1.165, 1.54) is 12.5 Å². The maximum absolute atomic E-state index is 12.5. The molecule has 128 valence electrons. The molecule has 0 aromatic carbocycles. The highest BCUT2D eigenvalue weighted by Crippen LogP contribution is 2.20. The molecule has 3 aromatic rings. The number of fused-ring (bicyclic) bond motifs is 1. The standard InChI is InChI=1S/C16H17N7O2/c1-25-11-5-7-22(9-11)15-3-2-14-18-8-12(23(14)21-15)16(24)20-13-4-6-17-10-19-13/h2-4,6,8,10-11H,5,7,9H2,1H3,(H,17,19,20,24)/t11-/m0/s1. The Labute approximate surface area is 143 Å². The summed E-state index contributed by atoms with van der Waals surface area (Å²) >= 11 is 0. The fraction of sp³-hybridized carbons (Fsp3) is 0.312. The average molecular weight is 339 g/mol. The molecule has 9 heteroatoms. The summed E-state index contributed by atoms with van der Waals surface area (Å²) in [6.45, 7) is 1.65. The van der Waals surface area contributed by atoms with Crippen molar-refractivity contribution < 1.29 is 9.53 Å². The third-order valence-corrected chi connectivity index (χ3v) is 4.21. The number of aromatic nitrogens is 5. The number of carbonyl (C=O) groups is 1. The van der Waals surface area contributed by atoms with Gasteiger partial charge in [0.2, 0.25) is 0 Å². The summed E-state index contributed by atoms with van der Waals surface area (Å²) < 4.78 is 6.95. The Hall–Kier alpha value is -3.07. The van der Waals surface area contributed by atoms with Crippen LogP contribution >= 0.6 is 0 Å². The fourth-order valence-corrected chi connectivity index (χ4v) is 2.86. The van der Waals surface area contributed by atoms with Crippen molar-refractivity contribution in [2.75, 3.05) is 30.4 Å². The molecular weight excluding hydrogens is 322 g/mol. The number of anilines is 2. The van der Waals surface area contributed by atoms with Gasteiger partial charge in [0.25, 0.3) is 5.91 Å². The van der Waals surface area contributed by atoms with Crippen LogP contribution < -0.4 is 10.2 Å². The van der Waals surface area contributed by atoms with Gasteiger partial charge in [0, 0.05) is 26.4 Å². The number of imidazole rings is 1. The van der Waals surface area contributed by atoms with Crippen LogP contribution in [0.25, 0.3) is 5.65 Å². The van der Waals surface area contributed by atoms with Crippen LogP contribution in [0.5, 0.6) is 0 Å². The van der Waals surface area contributed by atoms with Crippen molar-refractivity contribution in [3.63, 3.8) is 0 Å². The highest BCUT2D eigenvalue weighted by Gasteiger charge is 2.24. The van der Waals surface area contributed by atoms with E-state index in [0.717, 1.165) is 25.3 Å². The van der Waals surface area contributed by atoms with Crippen LogP contribution in [-0.2, 0) is 4.74 Å². The van der Waals surface area contributed by atoms with Crippen molar-refractivity contribution in [2.24, 2.45) is 0 Å². The van der Waals surface area contributed by atoms with Gasteiger partial charge in [-0.3, -0.25) is 4.79 Å². The van der Waals surface area contributed by atoms with Crippen LogP contribution in [-0.4, -0.2) is 56.8 Å². The second kappa shape index (κ2) is 6.44. The molecule has 1 amide bonds. The van der Waals surface area contributed by atoms with Crippen LogP contribution in [0.1, 0.15) is 16.9 Å². The van der Waals surface area contributed by atoms with Crippen LogP contribution in [0.2, 0.25) is 0 Å². The summed E-state index contributed by atoms with van der Waals surface area (Å²) in [5.74, 6) is 0.891. The number of hydrogen-bond donors (Lipinski definition) is 1. The number of nitrogens with one attached hydrogen (secondary N) is 1. The van der Waals surface area contributed by atoms with Crippen LogP contribution in [0.15, 0.2) is 36.9 Å². The van der Waals surface area contributed by atoms with Crippen molar-refractivity contribution in [3.05, 3.63) is 42.6 Å². The summed E-state index contributed by atoms with van der Waals surface area (Å²) in [4.78, 5) is 26.7. The number of methoxy groups -OCH3 is 1. The zero-order valence-corrected chi connectivity index (χ0v) is 13.7. The minimum atomic E-state index is -0.327. The van der Waals surface area contributed by atoms with Gasteiger partial charge >= 0.3 is 0 Å². The largest absolute Gasteiger partial charge is 0.380 e. The Balaban J connectivity index is 1.61. The number of ether oxygens (including phenoxy) is 1. The highest BCUT2D eigenvalue weighted by molar-refractivity contribution is 6.02. The molecule has 4 rings (SSSR count). The molecule has 1 aliphatic heterocycles. The van der Waals surface area contributed by atoms with E-state index in [9.17, 15) is 4.79 Å². The van der Waals surface area contributed by atoms with Gasteiger partial charge in [-0.2, -0.15) is 0 Å². The third-order valence-electron chi connectivity index (χ3n) is 4.21. The molecule has 9 nitrogen and oxygen atoms in total. The number of rotatable bonds is 4. The lowest BCUT2D eigenvalue weighted by Crippen LogP contribution is -2.24. The van der Waals surface area contributed by atoms with Gasteiger partial charge in [0.15, 0.2) is 11.3 Å². The summed E-state index contributed by atoms with van der Waals surface area (Å²) in [5, 5.41) is 7.30. The van der Waals surface area contributed by atoms with Crippen molar-refractivity contribution in [2.45, 2.75) is 12.5 Å². The van der Waals surface area contributed by atoms with E-state index in [0.29, 0.717) is 17.2 Å². The molecule has 0 saturated carbocycles. The Bertz CT molecular complexity index is 896. The van der Waals surface area contributed by atoms with Gasteiger partial charge in [0.05, 0.1) is 12.3 Å². The topological polar surface area (TPSA) is 97.5 Å². The zero-order valence-electron chi connectivity index (χ0n) is 13.7.